The van der Waals surface area contributed by atoms with Gasteiger partial charge in [0, 0.05) is 35.9 Å². The first-order valence-corrected chi connectivity index (χ1v) is 15.3. The van der Waals surface area contributed by atoms with E-state index in [1.54, 1.807) is 0 Å². The lowest BCUT2D eigenvalue weighted by atomic mass is 9.85. The number of fused-ring (bicyclic) bond motifs is 2. The van der Waals surface area contributed by atoms with Crippen LogP contribution in [0.15, 0.2) is 60.9 Å². The SMILES string of the molecule is CC(C)(C)OC(=O)NC1CCCC(Cn2ncc3ccccc32)C1.NC1CCCC(Cn2ncc3ccccc32)C1. The lowest BCUT2D eigenvalue weighted by Gasteiger charge is -2.30. The molecule has 2 heterocycles. The largest absolute Gasteiger partial charge is 0.444 e. The number of benzene rings is 2. The molecule has 4 aromatic rings. The summed E-state index contributed by atoms with van der Waals surface area (Å²) in [5.74, 6) is 1.23. The molecule has 1 amide bonds. The van der Waals surface area contributed by atoms with E-state index in [1.807, 2.05) is 45.3 Å². The van der Waals surface area contributed by atoms with Crippen molar-refractivity contribution in [2.45, 2.75) is 103 Å². The van der Waals surface area contributed by atoms with E-state index in [0.29, 0.717) is 17.9 Å². The fourth-order valence-electron chi connectivity index (χ4n) is 6.39. The maximum atomic E-state index is 12.0. The molecular weight excluding hydrogens is 512 g/mol. The highest BCUT2D eigenvalue weighted by molar-refractivity contribution is 5.78. The Morgan fingerprint density at radius 2 is 1.39 bits per heavy atom. The molecule has 0 saturated heterocycles. The zero-order valence-electron chi connectivity index (χ0n) is 24.8. The monoisotopic (exact) mass is 558 g/mol. The Bertz CT molecular complexity index is 1420. The number of amides is 1. The predicted octanol–water partition coefficient (Wildman–Crippen LogP) is 6.67. The normalized spacial score (nSPS) is 23.1. The minimum Gasteiger partial charge on any atom is -0.444 e. The Balaban J connectivity index is 0.000000174. The van der Waals surface area contributed by atoms with Gasteiger partial charge >= 0.3 is 6.09 Å². The molecule has 0 aliphatic heterocycles. The number of carbonyl (C=O) groups excluding carboxylic acids is 1. The van der Waals surface area contributed by atoms with Crippen molar-refractivity contribution in [2.75, 3.05) is 0 Å². The van der Waals surface area contributed by atoms with Gasteiger partial charge in [-0.3, -0.25) is 9.36 Å². The first-order chi connectivity index (χ1) is 19.7. The summed E-state index contributed by atoms with van der Waals surface area (Å²) in [6.45, 7) is 7.58. The van der Waals surface area contributed by atoms with Gasteiger partial charge in [-0.1, -0.05) is 49.2 Å². The summed E-state index contributed by atoms with van der Waals surface area (Å²) < 4.78 is 9.60. The quantitative estimate of drug-likeness (QED) is 0.285. The van der Waals surface area contributed by atoms with Gasteiger partial charge in [-0.2, -0.15) is 10.2 Å². The molecule has 2 saturated carbocycles. The smallest absolute Gasteiger partial charge is 0.407 e. The summed E-state index contributed by atoms with van der Waals surface area (Å²) in [4.78, 5) is 12.0. The number of hydrogen-bond acceptors (Lipinski definition) is 5. The van der Waals surface area contributed by atoms with E-state index in [1.165, 1.54) is 47.5 Å². The van der Waals surface area contributed by atoms with Gasteiger partial charge in [0.25, 0.3) is 0 Å². The third kappa shape index (κ3) is 8.09. The second kappa shape index (κ2) is 13.1. The highest BCUT2D eigenvalue weighted by Crippen LogP contribution is 2.28. The van der Waals surface area contributed by atoms with Gasteiger partial charge in [0.2, 0.25) is 0 Å². The number of aromatic nitrogens is 4. The number of alkyl carbamates (subject to hydrolysis) is 1. The van der Waals surface area contributed by atoms with Gasteiger partial charge in [-0.25, -0.2) is 4.79 Å². The molecule has 220 valence electrons. The number of nitrogens with zero attached hydrogens (tertiary/aromatic N) is 4. The molecule has 0 radical (unpaired) electrons. The third-order valence-corrected chi connectivity index (χ3v) is 8.29. The van der Waals surface area contributed by atoms with E-state index in [-0.39, 0.29) is 12.1 Å². The van der Waals surface area contributed by atoms with Crippen molar-refractivity contribution in [3.8, 4) is 0 Å². The van der Waals surface area contributed by atoms with Gasteiger partial charge < -0.3 is 15.8 Å². The minimum absolute atomic E-state index is 0.195. The van der Waals surface area contributed by atoms with Crippen LogP contribution in [0.25, 0.3) is 21.8 Å². The molecule has 6 rings (SSSR count). The van der Waals surface area contributed by atoms with E-state index in [0.717, 1.165) is 38.8 Å². The summed E-state index contributed by atoms with van der Waals surface area (Å²) in [6.07, 6.45) is 12.8. The average Bonchev–Trinajstić information content (AvgIpc) is 3.53. The van der Waals surface area contributed by atoms with Crippen molar-refractivity contribution >= 4 is 27.9 Å². The van der Waals surface area contributed by atoms with E-state index < -0.39 is 5.60 Å². The van der Waals surface area contributed by atoms with Crippen molar-refractivity contribution in [3.63, 3.8) is 0 Å². The van der Waals surface area contributed by atoms with Crippen molar-refractivity contribution in [3.05, 3.63) is 60.9 Å². The molecule has 0 spiro atoms. The fourth-order valence-corrected chi connectivity index (χ4v) is 6.39. The summed E-state index contributed by atoms with van der Waals surface area (Å²) in [7, 11) is 0. The van der Waals surface area contributed by atoms with E-state index in [4.69, 9.17) is 10.5 Å². The van der Waals surface area contributed by atoms with Crippen molar-refractivity contribution in [1.82, 2.24) is 24.9 Å². The van der Waals surface area contributed by atoms with Crippen LogP contribution in [0.3, 0.4) is 0 Å². The summed E-state index contributed by atoms with van der Waals surface area (Å²) in [5, 5.41) is 14.5. The number of para-hydroxylation sites is 2. The Labute approximate surface area is 243 Å². The van der Waals surface area contributed by atoms with Crippen LogP contribution in [0.2, 0.25) is 0 Å². The Morgan fingerprint density at radius 1 is 0.854 bits per heavy atom. The molecule has 2 aromatic heterocycles. The molecule has 8 heteroatoms. The van der Waals surface area contributed by atoms with Crippen LogP contribution in [0.4, 0.5) is 4.79 Å². The van der Waals surface area contributed by atoms with Gasteiger partial charge in [-0.05, 0) is 83.3 Å². The molecule has 41 heavy (non-hydrogen) atoms. The average molecular weight is 559 g/mol. The summed E-state index contributed by atoms with van der Waals surface area (Å²) in [6, 6.07) is 17.3. The number of hydrogen-bond donors (Lipinski definition) is 2. The van der Waals surface area contributed by atoms with Crippen molar-refractivity contribution in [1.29, 1.82) is 0 Å². The zero-order valence-corrected chi connectivity index (χ0v) is 24.8. The molecule has 4 unspecified atom stereocenters. The molecule has 2 fully saturated rings. The Morgan fingerprint density at radius 3 is 1.95 bits per heavy atom. The highest BCUT2D eigenvalue weighted by Gasteiger charge is 2.26. The van der Waals surface area contributed by atoms with E-state index >= 15 is 0 Å². The van der Waals surface area contributed by atoms with E-state index in [9.17, 15) is 4.79 Å². The first kappa shape index (κ1) is 29.1. The summed E-state index contributed by atoms with van der Waals surface area (Å²) in [5.41, 5.74) is 8.01. The van der Waals surface area contributed by atoms with Crippen LogP contribution in [-0.2, 0) is 17.8 Å². The molecular formula is C33H46N6O2. The number of ether oxygens (including phenoxy) is 1. The molecule has 4 atom stereocenters. The Hall–Kier alpha value is -3.39. The maximum Gasteiger partial charge on any atom is 0.407 e. The number of carbonyl (C=O) groups is 1. The molecule has 3 N–H and O–H groups in total. The number of nitrogens with one attached hydrogen (secondary N) is 1. The Kier molecular flexibility index (Phi) is 9.28. The fraction of sp³-hybridized carbons (Fsp3) is 0.545. The molecule has 2 aliphatic carbocycles. The number of rotatable bonds is 5. The molecule has 0 bridgehead atoms. The van der Waals surface area contributed by atoms with Crippen LogP contribution >= 0.6 is 0 Å². The van der Waals surface area contributed by atoms with Crippen LogP contribution < -0.4 is 11.1 Å². The van der Waals surface area contributed by atoms with Crippen LogP contribution in [-0.4, -0.2) is 43.3 Å². The number of nitrogens with two attached hydrogens (primary N) is 1. The maximum absolute atomic E-state index is 12.0. The molecule has 8 nitrogen and oxygen atoms in total. The second-order valence-corrected chi connectivity index (χ2v) is 12.9. The van der Waals surface area contributed by atoms with E-state index in [2.05, 4.69) is 61.3 Å². The van der Waals surface area contributed by atoms with Gasteiger partial charge in [0.1, 0.15) is 5.60 Å². The lowest BCUT2D eigenvalue weighted by molar-refractivity contribution is 0.0482. The highest BCUT2D eigenvalue weighted by atomic mass is 16.6. The third-order valence-electron chi connectivity index (χ3n) is 8.29. The first-order valence-electron chi connectivity index (χ1n) is 15.3. The molecule has 2 aromatic carbocycles. The second-order valence-electron chi connectivity index (χ2n) is 12.9. The van der Waals surface area contributed by atoms with Gasteiger partial charge in [0.05, 0.1) is 23.4 Å². The van der Waals surface area contributed by atoms with Crippen molar-refractivity contribution < 1.29 is 9.53 Å². The predicted molar refractivity (Wildman–Crippen MR) is 165 cm³/mol. The summed E-state index contributed by atoms with van der Waals surface area (Å²) >= 11 is 0. The topological polar surface area (TPSA) is 100.0 Å². The zero-order chi connectivity index (χ0) is 28.8. The minimum atomic E-state index is -0.452. The van der Waals surface area contributed by atoms with Gasteiger partial charge in [0.15, 0.2) is 0 Å². The van der Waals surface area contributed by atoms with Gasteiger partial charge in [-0.15, -0.1) is 0 Å². The van der Waals surface area contributed by atoms with Crippen LogP contribution in [0.5, 0.6) is 0 Å². The lowest BCUT2D eigenvalue weighted by Crippen LogP contribution is -2.42. The van der Waals surface area contributed by atoms with Crippen molar-refractivity contribution in [2.24, 2.45) is 17.6 Å². The molecule has 2 aliphatic rings. The standard InChI is InChI=1S/C19H27N3O2.C14H19N3/c1-19(2,3)24-18(23)21-16-9-6-7-14(11-16)13-22-17-10-5-4-8-15(17)12-20-22;15-13-6-3-4-11(8-13)10-17-14-7-2-1-5-12(14)9-16-17/h4-5,8,10,12,14,16H,6-7,9,11,13H2,1-3H3,(H,21,23);1-2,5,7,9,11,13H,3-4,6,8,10,15H2. The van der Waals surface area contributed by atoms with Crippen LogP contribution in [0, 0.1) is 11.8 Å². The van der Waals surface area contributed by atoms with Crippen LogP contribution in [0.1, 0.15) is 72.1 Å².